The number of aromatic nitrogens is 1. The summed E-state index contributed by atoms with van der Waals surface area (Å²) in [6.07, 6.45) is 2.74. The molecule has 0 radical (unpaired) electrons. The Labute approximate surface area is 219 Å². The Balaban J connectivity index is 1.81. The van der Waals surface area contributed by atoms with E-state index in [0.717, 1.165) is 11.8 Å². The molecule has 7 nitrogen and oxygen atoms in total. The Hall–Kier alpha value is -4.50. The lowest BCUT2D eigenvalue weighted by molar-refractivity contribution is 0.0964. The second-order valence-corrected chi connectivity index (χ2v) is 10.6. The van der Waals surface area contributed by atoms with Crippen molar-refractivity contribution in [3.63, 3.8) is 0 Å². The highest BCUT2D eigenvalue weighted by molar-refractivity contribution is 7.92. The van der Waals surface area contributed by atoms with Gasteiger partial charge in [-0.25, -0.2) is 12.8 Å². The number of nitrogens with one attached hydrogen (secondary N) is 1. The topological polar surface area (TPSA) is 92.5 Å². The van der Waals surface area contributed by atoms with Crippen molar-refractivity contribution in [2.75, 3.05) is 17.6 Å². The summed E-state index contributed by atoms with van der Waals surface area (Å²) in [5, 5.41) is 3.14. The fourth-order valence-corrected chi connectivity index (χ4v) is 5.24. The van der Waals surface area contributed by atoms with E-state index in [2.05, 4.69) is 10.3 Å². The van der Waals surface area contributed by atoms with Crippen LogP contribution in [0, 0.1) is 5.82 Å². The van der Waals surface area contributed by atoms with Crippen molar-refractivity contribution in [1.29, 1.82) is 0 Å². The van der Waals surface area contributed by atoms with Crippen molar-refractivity contribution in [3.05, 3.63) is 108 Å². The van der Waals surface area contributed by atoms with Crippen molar-refractivity contribution in [2.24, 2.45) is 0 Å². The Bertz CT molecular complexity index is 1720. The molecule has 9 heteroatoms. The smallest absolute Gasteiger partial charge is 0.255 e. The average Bonchev–Trinajstić information content (AvgIpc) is 3.30. The van der Waals surface area contributed by atoms with E-state index < -0.39 is 15.8 Å². The van der Waals surface area contributed by atoms with Crippen LogP contribution >= 0.6 is 0 Å². The van der Waals surface area contributed by atoms with Gasteiger partial charge in [-0.2, -0.15) is 0 Å². The number of benzene rings is 3. The monoisotopic (exact) mass is 529 g/mol. The first-order valence-electron chi connectivity index (χ1n) is 11.8. The van der Waals surface area contributed by atoms with Gasteiger partial charge in [0, 0.05) is 35.8 Å². The molecule has 192 valence electrons. The zero-order chi connectivity index (χ0) is 26.9. The van der Waals surface area contributed by atoms with Crippen LogP contribution < -0.4 is 9.62 Å². The van der Waals surface area contributed by atoms with Gasteiger partial charge in [0.25, 0.3) is 5.91 Å². The van der Waals surface area contributed by atoms with Gasteiger partial charge in [0.2, 0.25) is 10.0 Å². The van der Waals surface area contributed by atoms with Crippen molar-refractivity contribution in [3.8, 4) is 22.5 Å². The van der Waals surface area contributed by atoms with E-state index in [-0.39, 0.29) is 23.8 Å². The van der Waals surface area contributed by atoms with Crippen molar-refractivity contribution in [2.45, 2.75) is 6.54 Å². The number of hydrogen-bond acceptors (Lipinski definition) is 5. The van der Waals surface area contributed by atoms with E-state index in [9.17, 15) is 17.6 Å². The lowest BCUT2D eigenvalue weighted by Crippen LogP contribution is -2.30. The van der Waals surface area contributed by atoms with E-state index in [1.165, 1.54) is 35.6 Å². The quantitative estimate of drug-likeness (QED) is 0.295. The van der Waals surface area contributed by atoms with Crippen LogP contribution in [0.25, 0.3) is 33.4 Å². The lowest BCUT2D eigenvalue weighted by Gasteiger charge is -2.25. The SMILES string of the molecule is CNC(=O)c1c(-c2ccc(F)cc2)oc2cc(N(Cc3ccccn3)S(C)(=O)=O)c(-c3ccccc3)cc12. The molecule has 0 aliphatic carbocycles. The van der Waals surface area contributed by atoms with E-state index in [0.29, 0.717) is 33.5 Å². The first-order valence-corrected chi connectivity index (χ1v) is 13.6. The molecule has 2 aromatic heterocycles. The predicted octanol–water partition coefficient (Wildman–Crippen LogP) is 5.63. The molecule has 5 rings (SSSR count). The minimum Gasteiger partial charge on any atom is -0.455 e. The molecule has 5 aromatic rings. The standard InChI is InChI=1S/C29H24FN3O4S/c1-31-29(34)27-24-16-23(19-8-4-3-5-9-19)25(33(38(2,35)36)18-22-10-6-7-15-32-22)17-26(24)37-28(27)20-11-13-21(30)14-12-20/h3-17H,18H2,1-2H3,(H,31,34). The van der Waals surface area contributed by atoms with Crippen LogP contribution in [0.5, 0.6) is 0 Å². The summed E-state index contributed by atoms with van der Waals surface area (Å²) in [6, 6.07) is 23.6. The maximum absolute atomic E-state index is 13.6. The number of nitrogens with zero attached hydrogens (tertiary/aromatic N) is 2. The fourth-order valence-electron chi connectivity index (χ4n) is 4.36. The summed E-state index contributed by atoms with van der Waals surface area (Å²) < 4.78 is 47.3. The molecule has 0 saturated heterocycles. The highest BCUT2D eigenvalue weighted by Gasteiger charge is 2.27. The van der Waals surface area contributed by atoms with Gasteiger partial charge in [-0.3, -0.25) is 14.1 Å². The maximum Gasteiger partial charge on any atom is 0.255 e. The largest absolute Gasteiger partial charge is 0.455 e. The maximum atomic E-state index is 13.6. The number of carbonyl (C=O) groups excluding carboxylic acids is 1. The number of pyridine rings is 1. The van der Waals surface area contributed by atoms with Crippen LogP contribution in [0.2, 0.25) is 0 Å². The Kier molecular flexibility index (Phi) is 6.69. The molecule has 0 aliphatic rings. The van der Waals surface area contributed by atoms with Crippen LogP contribution in [-0.4, -0.2) is 32.6 Å². The first-order chi connectivity index (χ1) is 18.3. The molecule has 2 heterocycles. The van der Waals surface area contributed by atoms with E-state index in [1.54, 1.807) is 36.5 Å². The molecule has 3 aromatic carbocycles. The third kappa shape index (κ3) is 4.88. The van der Waals surface area contributed by atoms with Crippen molar-refractivity contribution >= 4 is 32.6 Å². The number of carbonyl (C=O) groups is 1. The minimum absolute atomic E-state index is 0.00115. The summed E-state index contributed by atoms with van der Waals surface area (Å²) in [4.78, 5) is 17.4. The molecular weight excluding hydrogens is 505 g/mol. The van der Waals surface area contributed by atoms with E-state index in [4.69, 9.17) is 4.42 Å². The number of furan rings is 1. The number of amides is 1. The molecule has 0 aliphatic heterocycles. The fraction of sp³-hybridized carbons (Fsp3) is 0.103. The number of rotatable bonds is 7. The van der Waals surface area contributed by atoms with E-state index in [1.807, 2.05) is 30.3 Å². The van der Waals surface area contributed by atoms with Gasteiger partial charge >= 0.3 is 0 Å². The highest BCUT2D eigenvalue weighted by Crippen LogP contribution is 2.42. The molecule has 0 atom stereocenters. The number of hydrogen-bond donors (Lipinski definition) is 1. The zero-order valence-electron chi connectivity index (χ0n) is 20.7. The minimum atomic E-state index is -3.77. The van der Waals surface area contributed by atoms with Gasteiger partial charge in [0.05, 0.1) is 29.7 Å². The third-order valence-electron chi connectivity index (χ3n) is 6.15. The van der Waals surface area contributed by atoms with Crippen LogP contribution in [0.3, 0.4) is 0 Å². The molecule has 1 amide bonds. The zero-order valence-corrected chi connectivity index (χ0v) is 21.5. The van der Waals surface area contributed by atoms with Gasteiger partial charge < -0.3 is 9.73 Å². The van der Waals surface area contributed by atoms with Gasteiger partial charge in [-0.1, -0.05) is 36.4 Å². The highest BCUT2D eigenvalue weighted by atomic mass is 32.2. The Morgan fingerprint density at radius 3 is 2.32 bits per heavy atom. The normalized spacial score (nSPS) is 11.4. The van der Waals surface area contributed by atoms with Gasteiger partial charge in [0.15, 0.2) is 0 Å². The molecule has 38 heavy (non-hydrogen) atoms. The molecule has 0 fully saturated rings. The summed E-state index contributed by atoms with van der Waals surface area (Å²) in [5.41, 5.74) is 3.38. The molecule has 0 spiro atoms. The van der Waals surface area contributed by atoms with Gasteiger partial charge in [-0.05, 0) is 48.0 Å². The number of halogens is 1. The summed E-state index contributed by atoms with van der Waals surface area (Å²) in [6.45, 7) is -0.00115. The molecule has 1 N–H and O–H groups in total. The van der Waals surface area contributed by atoms with Crippen LogP contribution in [0.1, 0.15) is 16.1 Å². The summed E-state index contributed by atoms with van der Waals surface area (Å²) in [7, 11) is -2.25. The number of anilines is 1. The summed E-state index contributed by atoms with van der Waals surface area (Å²) in [5.74, 6) is -0.548. The third-order valence-corrected chi connectivity index (χ3v) is 7.28. The number of fused-ring (bicyclic) bond motifs is 1. The second kappa shape index (κ2) is 10.1. The Morgan fingerprint density at radius 2 is 1.68 bits per heavy atom. The van der Waals surface area contributed by atoms with E-state index >= 15 is 0 Å². The predicted molar refractivity (Wildman–Crippen MR) is 146 cm³/mol. The molecule has 0 bridgehead atoms. The Morgan fingerprint density at radius 1 is 0.974 bits per heavy atom. The molecule has 0 unspecified atom stereocenters. The van der Waals surface area contributed by atoms with Crippen LogP contribution in [-0.2, 0) is 16.6 Å². The van der Waals surface area contributed by atoms with Crippen LogP contribution in [0.15, 0.2) is 95.5 Å². The second-order valence-electron chi connectivity index (χ2n) is 8.71. The van der Waals surface area contributed by atoms with Gasteiger partial charge in [-0.15, -0.1) is 0 Å². The average molecular weight is 530 g/mol. The van der Waals surface area contributed by atoms with Crippen molar-refractivity contribution in [1.82, 2.24) is 10.3 Å². The summed E-state index contributed by atoms with van der Waals surface area (Å²) >= 11 is 0. The molecule has 0 saturated carbocycles. The first kappa shape index (κ1) is 25.2. The lowest BCUT2D eigenvalue weighted by atomic mass is 9.98. The van der Waals surface area contributed by atoms with Crippen LogP contribution in [0.4, 0.5) is 10.1 Å². The van der Waals surface area contributed by atoms with Gasteiger partial charge in [0.1, 0.15) is 17.2 Å². The molecular formula is C29H24FN3O4S. The van der Waals surface area contributed by atoms with Crippen molar-refractivity contribution < 1.29 is 22.0 Å². The number of sulfonamides is 1.